The first-order chi connectivity index (χ1) is 9.68. The van der Waals surface area contributed by atoms with Crippen LogP contribution in [0.3, 0.4) is 0 Å². The molecule has 2 heterocycles. The molecule has 1 aromatic heterocycles. The molecular weight excluding hydrogens is 288 g/mol. The van der Waals surface area contributed by atoms with E-state index in [-0.39, 0.29) is 18.2 Å². The van der Waals surface area contributed by atoms with E-state index in [9.17, 15) is 9.59 Å². The number of carbonyl (C=O) groups excluding carboxylic acids is 2. The number of nitrogens with zero attached hydrogens (tertiary/aromatic N) is 2. The number of aryl methyl sites for hydroxylation is 2. The minimum absolute atomic E-state index is 0.00413. The molecule has 1 saturated heterocycles. The van der Waals surface area contributed by atoms with Gasteiger partial charge in [-0.15, -0.1) is 0 Å². The molecule has 114 valence electrons. The smallest absolute Gasteiger partial charge is 0.238 e. The minimum atomic E-state index is -0.457. The molecule has 0 aliphatic carbocycles. The summed E-state index contributed by atoms with van der Waals surface area (Å²) in [7, 11) is 0. The monoisotopic (exact) mass is 308 g/mol. The van der Waals surface area contributed by atoms with Gasteiger partial charge in [-0.2, -0.15) is 0 Å². The van der Waals surface area contributed by atoms with Gasteiger partial charge in [0.05, 0.1) is 16.5 Å². The van der Waals surface area contributed by atoms with E-state index in [0.717, 1.165) is 11.5 Å². The quantitative estimate of drug-likeness (QED) is 0.803. The molecule has 0 bridgehead atoms. The zero-order valence-corrected chi connectivity index (χ0v) is 13.8. The second-order valence-corrected chi connectivity index (χ2v) is 7.11. The number of oxazole rings is 1. The molecule has 0 radical (unpaired) electrons. The second kappa shape index (κ2) is 5.67. The highest BCUT2D eigenvalue weighted by Gasteiger charge is 2.30. The molecule has 0 saturated carbocycles. The van der Waals surface area contributed by atoms with E-state index in [0.29, 0.717) is 16.7 Å². The Bertz CT molecular complexity index is 591. The third-order valence-electron chi connectivity index (χ3n) is 3.27. The number of amides is 1. The van der Waals surface area contributed by atoms with Crippen molar-refractivity contribution >= 4 is 23.5 Å². The third-order valence-corrected chi connectivity index (χ3v) is 4.30. The Morgan fingerprint density at radius 3 is 2.62 bits per heavy atom. The van der Waals surface area contributed by atoms with Crippen molar-refractivity contribution < 1.29 is 14.0 Å². The van der Waals surface area contributed by atoms with Crippen molar-refractivity contribution in [2.75, 3.05) is 5.75 Å². The van der Waals surface area contributed by atoms with Crippen molar-refractivity contribution in [1.82, 2.24) is 9.88 Å². The van der Waals surface area contributed by atoms with Crippen LogP contribution < -0.4 is 0 Å². The Morgan fingerprint density at radius 1 is 1.43 bits per heavy atom. The molecule has 0 spiro atoms. The number of hydrogen-bond acceptors (Lipinski definition) is 5. The van der Waals surface area contributed by atoms with Crippen LogP contribution in [-0.4, -0.2) is 27.3 Å². The van der Waals surface area contributed by atoms with Crippen LogP contribution >= 0.6 is 11.8 Å². The summed E-state index contributed by atoms with van der Waals surface area (Å²) in [6.45, 7) is 9.55. The molecule has 0 aromatic carbocycles. The Morgan fingerprint density at radius 2 is 2.10 bits per heavy atom. The summed E-state index contributed by atoms with van der Waals surface area (Å²) in [4.78, 5) is 30.0. The van der Waals surface area contributed by atoms with Crippen LogP contribution in [0.1, 0.15) is 38.1 Å². The molecule has 1 aromatic rings. The fourth-order valence-electron chi connectivity index (χ4n) is 1.77. The Balaban J connectivity index is 2.21. The Hall–Kier alpha value is -1.56. The topological polar surface area (TPSA) is 63.4 Å². The van der Waals surface area contributed by atoms with Gasteiger partial charge in [-0.05, 0) is 13.8 Å². The van der Waals surface area contributed by atoms with E-state index in [2.05, 4.69) is 4.98 Å². The van der Waals surface area contributed by atoms with Crippen LogP contribution in [-0.2, 0) is 16.1 Å². The van der Waals surface area contributed by atoms with Crippen LogP contribution in [0.2, 0.25) is 0 Å². The molecular formula is C15H20N2O3S. The number of aromatic nitrogens is 1. The van der Waals surface area contributed by atoms with Gasteiger partial charge in [-0.25, -0.2) is 4.98 Å². The molecule has 0 atom stereocenters. The van der Waals surface area contributed by atoms with Crippen LogP contribution in [0.25, 0.3) is 0 Å². The first-order valence-corrected chi connectivity index (χ1v) is 7.79. The van der Waals surface area contributed by atoms with Gasteiger partial charge >= 0.3 is 0 Å². The summed E-state index contributed by atoms with van der Waals surface area (Å²) in [5.74, 6) is 1.57. The van der Waals surface area contributed by atoms with E-state index >= 15 is 0 Å². The van der Waals surface area contributed by atoms with Gasteiger partial charge in [-0.3, -0.25) is 14.5 Å². The lowest BCUT2D eigenvalue weighted by Gasteiger charge is -2.18. The fourth-order valence-corrected chi connectivity index (χ4v) is 2.71. The summed E-state index contributed by atoms with van der Waals surface area (Å²) in [5.41, 5.74) is 0.363. The summed E-state index contributed by atoms with van der Waals surface area (Å²) in [5, 5.41) is 0.674. The number of allylic oxidation sites excluding steroid dienone is 1. The van der Waals surface area contributed by atoms with Crippen LogP contribution in [0.15, 0.2) is 15.5 Å². The van der Waals surface area contributed by atoms with E-state index < -0.39 is 5.41 Å². The maximum absolute atomic E-state index is 12.1. The number of hydrogen-bond donors (Lipinski definition) is 0. The number of thioether (sulfide) groups is 1. The van der Waals surface area contributed by atoms with Crippen molar-refractivity contribution in [3.8, 4) is 0 Å². The van der Waals surface area contributed by atoms with Gasteiger partial charge in [0.15, 0.2) is 5.78 Å². The van der Waals surface area contributed by atoms with E-state index in [1.807, 2.05) is 34.6 Å². The number of rotatable bonds is 3. The SMILES string of the molecule is Cc1nc(CN2C(=O)CS/C2=C/C(=O)C(C)(C)C)oc1C. The van der Waals surface area contributed by atoms with Gasteiger partial charge in [-0.1, -0.05) is 32.5 Å². The highest BCUT2D eigenvalue weighted by atomic mass is 32.2. The molecule has 5 nitrogen and oxygen atoms in total. The van der Waals surface area contributed by atoms with Gasteiger partial charge in [0.25, 0.3) is 0 Å². The van der Waals surface area contributed by atoms with Gasteiger partial charge in [0.1, 0.15) is 12.3 Å². The molecule has 2 rings (SSSR count). The first-order valence-electron chi connectivity index (χ1n) is 6.80. The highest BCUT2D eigenvalue weighted by Crippen LogP contribution is 2.32. The normalized spacial score (nSPS) is 17.9. The van der Waals surface area contributed by atoms with Gasteiger partial charge < -0.3 is 4.42 Å². The molecule has 0 N–H and O–H groups in total. The van der Waals surface area contributed by atoms with Crippen LogP contribution in [0, 0.1) is 19.3 Å². The molecule has 1 aliphatic rings. The lowest BCUT2D eigenvalue weighted by atomic mass is 9.91. The Kier molecular flexibility index (Phi) is 4.27. The summed E-state index contributed by atoms with van der Waals surface area (Å²) >= 11 is 1.38. The molecule has 1 fully saturated rings. The van der Waals surface area contributed by atoms with Crippen molar-refractivity contribution in [2.24, 2.45) is 5.41 Å². The highest BCUT2D eigenvalue weighted by molar-refractivity contribution is 8.04. The Labute approximate surface area is 128 Å². The van der Waals surface area contributed by atoms with Gasteiger partial charge in [0.2, 0.25) is 11.8 Å². The van der Waals surface area contributed by atoms with Crippen LogP contribution in [0.4, 0.5) is 0 Å². The molecule has 1 aliphatic heterocycles. The average molecular weight is 308 g/mol. The van der Waals surface area contributed by atoms with E-state index in [1.165, 1.54) is 11.8 Å². The number of ketones is 1. The molecule has 21 heavy (non-hydrogen) atoms. The zero-order valence-electron chi connectivity index (χ0n) is 13.0. The maximum Gasteiger partial charge on any atom is 0.238 e. The van der Waals surface area contributed by atoms with Crippen molar-refractivity contribution in [3.63, 3.8) is 0 Å². The fraction of sp³-hybridized carbons (Fsp3) is 0.533. The first kappa shape index (κ1) is 15.8. The van der Waals surface area contributed by atoms with Crippen molar-refractivity contribution in [2.45, 2.75) is 41.2 Å². The molecule has 0 unspecified atom stereocenters. The van der Waals surface area contributed by atoms with E-state index in [4.69, 9.17) is 4.42 Å². The van der Waals surface area contributed by atoms with Crippen molar-refractivity contribution in [1.29, 1.82) is 0 Å². The standard InChI is InChI=1S/C15H20N2O3S/c1-9-10(2)20-12(16-9)7-17-13(19)8-21-14(17)6-11(18)15(3,4)5/h6H,7-8H2,1-5H3/b14-6+. The summed E-state index contributed by atoms with van der Waals surface area (Å²) < 4.78 is 5.52. The van der Waals surface area contributed by atoms with Crippen molar-refractivity contribution in [3.05, 3.63) is 28.4 Å². The summed E-state index contributed by atoms with van der Waals surface area (Å²) in [6, 6.07) is 0. The zero-order chi connectivity index (χ0) is 15.8. The third kappa shape index (κ3) is 3.56. The second-order valence-electron chi connectivity index (χ2n) is 6.11. The van der Waals surface area contributed by atoms with Gasteiger partial charge in [0, 0.05) is 11.5 Å². The largest absolute Gasteiger partial charge is 0.444 e. The predicted octanol–water partition coefficient (Wildman–Crippen LogP) is 2.82. The molecule has 6 heteroatoms. The van der Waals surface area contributed by atoms with Crippen LogP contribution in [0.5, 0.6) is 0 Å². The lowest BCUT2D eigenvalue weighted by molar-refractivity contribution is -0.126. The minimum Gasteiger partial charge on any atom is -0.444 e. The van der Waals surface area contributed by atoms with E-state index in [1.54, 1.807) is 11.0 Å². The maximum atomic E-state index is 12.1. The lowest BCUT2D eigenvalue weighted by Crippen LogP contribution is -2.26. The molecule has 1 amide bonds. The predicted molar refractivity (Wildman–Crippen MR) is 81.5 cm³/mol. The average Bonchev–Trinajstić information content (AvgIpc) is 2.85. The number of carbonyl (C=O) groups is 2. The summed E-state index contributed by atoms with van der Waals surface area (Å²) in [6.07, 6.45) is 1.55.